The Labute approximate surface area is 145 Å². The smallest absolute Gasteiger partial charge is 0.185 e. The number of aliphatic hydroxyl groups is 1. The molecule has 1 N–H and O–H groups in total. The normalized spacial score (nSPS) is 14.1. The molecule has 0 aromatic heterocycles. The Hall–Kier alpha value is -1.95. The lowest BCUT2D eigenvalue weighted by Crippen LogP contribution is -2.45. The largest absolute Gasteiger partial charge is 0.356 e. The molecule has 3 aromatic rings. The molecule has 122 valence electrons. The van der Waals surface area contributed by atoms with Gasteiger partial charge in [-0.3, -0.25) is 0 Å². The highest BCUT2D eigenvalue weighted by Crippen LogP contribution is 2.65. The van der Waals surface area contributed by atoms with E-state index < -0.39 is 12.6 Å². The van der Waals surface area contributed by atoms with Crippen molar-refractivity contribution in [1.29, 1.82) is 0 Å². The Morgan fingerprint density at radius 3 is 1.21 bits per heavy atom. The molecule has 0 saturated carbocycles. The van der Waals surface area contributed by atoms with Crippen molar-refractivity contribution in [3.05, 3.63) is 91.0 Å². The molecule has 1 atom stereocenters. The zero-order valence-corrected chi connectivity index (χ0v) is 15.2. The van der Waals surface area contributed by atoms with E-state index >= 15 is 0 Å². The van der Waals surface area contributed by atoms with Crippen LogP contribution < -0.4 is 15.9 Å². The van der Waals surface area contributed by atoms with Crippen molar-refractivity contribution in [2.75, 3.05) is 0 Å². The molecule has 1 nitrogen and oxygen atoms in total. The van der Waals surface area contributed by atoms with Gasteiger partial charge in [-0.2, -0.15) is 0 Å². The van der Waals surface area contributed by atoms with Gasteiger partial charge < -0.3 is 5.11 Å². The van der Waals surface area contributed by atoms with Crippen molar-refractivity contribution in [2.24, 2.45) is 0 Å². The molecule has 0 spiro atoms. The van der Waals surface area contributed by atoms with E-state index in [0.29, 0.717) is 6.42 Å². The average Bonchev–Trinajstić information content (AvgIpc) is 2.65. The third-order valence-electron chi connectivity index (χ3n) is 4.82. The van der Waals surface area contributed by atoms with E-state index in [4.69, 9.17) is 0 Å². The van der Waals surface area contributed by atoms with Crippen LogP contribution in [0.4, 0.5) is 0 Å². The maximum atomic E-state index is 11.6. The first kappa shape index (κ1) is 16.9. The minimum Gasteiger partial charge on any atom is -0.356 e. The predicted octanol–water partition coefficient (Wildman–Crippen LogP) is 4.10. The van der Waals surface area contributed by atoms with Gasteiger partial charge >= 0.3 is 0 Å². The van der Waals surface area contributed by atoms with E-state index in [1.54, 1.807) is 0 Å². The molecule has 24 heavy (non-hydrogen) atoms. The highest BCUT2D eigenvalue weighted by atomic mass is 31.2. The second-order valence-electron chi connectivity index (χ2n) is 6.25. The monoisotopic (exact) mass is 335 g/mol. The highest BCUT2D eigenvalue weighted by Gasteiger charge is 2.58. The van der Waals surface area contributed by atoms with Crippen LogP contribution in [0.2, 0.25) is 0 Å². The summed E-state index contributed by atoms with van der Waals surface area (Å²) in [5.41, 5.74) is 0. The minimum absolute atomic E-state index is 0.694. The van der Waals surface area contributed by atoms with E-state index in [0.717, 1.165) is 0 Å². The topological polar surface area (TPSA) is 20.2 Å². The molecule has 0 saturated heterocycles. The second-order valence-corrected chi connectivity index (χ2v) is 10.1. The van der Waals surface area contributed by atoms with Crippen LogP contribution in [0.15, 0.2) is 91.0 Å². The molecule has 0 fully saturated rings. The summed E-state index contributed by atoms with van der Waals surface area (Å²) in [6.45, 7) is 4.07. The van der Waals surface area contributed by atoms with E-state index in [1.165, 1.54) is 15.9 Å². The first-order chi connectivity index (χ1) is 11.6. The average molecular weight is 335 g/mol. The van der Waals surface area contributed by atoms with Crippen molar-refractivity contribution >= 4 is 23.2 Å². The van der Waals surface area contributed by atoms with E-state index in [1.807, 2.05) is 25.1 Å². The van der Waals surface area contributed by atoms with Gasteiger partial charge in [-0.1, -0.05) is 61.5 Å². The molecule has 0 heterocycles. The van der Waals surface area contributed by atoms with Gasteiger partial charge in [-0.15, -0.1) is 0 Å². The molecule has 3 rings (SSSR count). The molecule has 0 bridgehead atoms. The van der Waals surface area contributed by atoms with E-state index in [9.17, 15) is 5.11 Å². The molecule has 0 aliphatic heterocycles. The third-order valence-corrected chi connectivity index (χ3v) is 9.80. The SMILES string of the molecule is CCC(C)(O)[P+](c1ccccc1)(c1ccccc1)c1ccccc1. The number of hydrogen-bond acceptors (Lipinski definition) is 1. The quantitative estimate of drug-likeness (QED) is 0.696. The van der Waals surface area contributed by atoms with Crippen LogP contribution in [0.1, 0.15) is 20.3 Å². The Balaban J connectivity index is 2.42. The summed E-state index contributed by atoms with van der Waals surface area (Å²) in [6, 6.07) is 31.5. The fraction of sp³-hybridized carbons (Fsp3) is 0.182. The molecule has 2 heteroatoms. The standard InChI is InChI=1S/C22H24OP/c1-3-22(2,23)24(19-13-7-4-8-14-19,20-15-9-5-10-16-20)21-17-11-6-12-18-21/h4-18,23H,3H2,1-2H3/q+1. The first-order valence-corrected chi connectivity index (χ1v) is 10.2. The lowest BCUT2D eigenvalue weighted by molar-refractivity contribution is 0.147. The Morgan fingerprint density at radius 1 is 0.667 bits per heavy atom. The molecule has 0 aliphatic carbocycles. The molecule has 0 aliphatic rings. The lowest BCUT2D eigenvalue weighted by Gasteiger charge is -2.38. The zero-order valence-electron chi connectivity index (χ0n) is 14.3. The lowest BCUT2D eigenvalue weighted by atomic mass is 10.3. The van der Waals surface area contributed by atoms with Crippen LogP contribution >= 0.6 is 7.26 Å². The Morgan fingerprint density at radius 2 is 0.958 bits per heavy atom. The summed E-state index contributed by atoms with van der Waals surface area (Å²) in [4.78, 5) is 0. The van der Waals surface area contributed by atoms with Crippen molar-refractivity contribution in [2.45, 2.75) is 25.6 Å². The highest BCUT2D eigenvalue weighted by molar-refractivity contribution is 7.96. The van der Waals surface area contributed by atoms with Gasteiger partial charge in [0.25, 0.3) is 0 Å². The minimum atomic E-state index is -2.20. The molecule has 0 amide bonds. The van der Waals surface area contributed by atoms with Crippen LogP contribution in [0.25, 0.3) is 0 Å². The van der Waals surface area contributed by atoms with Crippen molar-refractivity contribution < 1.29 is 5.11 Å². The van der Waals surface area contributed by atoms with Crippen LogP contribution in [0.5, 0.6) is 0 Å². The maximum Gasteiger partial charge on any atom is 0.185 e. The van der Waals surface area contributed by atoms with Gasteiger partial charge in [-0.25, -0.2) is 0 Å². The molecule has 0 radical (unpaired) electrons. The van der Waals surface area contributed by atoms with Crippen LogP contribution in [-0.2, 0) is 0 Å². The van der Waals surface area contributed by atoms with Crippen LogP contribution in [0.3, 0.4) is 0 Å². The van der Waals surface area contributed by atoms with Gasteiger partial charge in [0.2, 0.25) is 0 Å². The van der Waals surface area contributed by atoms with Crippen LogP contribution in [-0.4, -0.2) is 10.4 Å². The fourth-order valence-electron chi connectivity index (χ4n) is 3.47. The summed E-state index contributed by atoms with van der Waals surface area (Å²) in [6.07, 6.45) is 0.694. The summed E-state index contributed by atoms with van der Waals surface area (Å²) < 4.78 is 0. The molecular weight excluding hydrogens is 311 g/mol. The van der Waals surface area contributed by atoms with Gasteiger partial charge in [0.05, 0.1) is 0 Å². The summed E-state index contributed by atoms with van der Waals surface area (Å²) >= 11 is 0. The van der Waals surface area contributed by atoms with E-state index in [-0.39, 0.29) is 0 Å². The summed E-state index contributed by atoms with van der Waals surface area (Å²) in [5, 5.41) is 14.5. The first-order valence-electron chi connectivity index (χ1n) is 8.41. The molecular formula is C22H24OP+. The van der Waals surface area contributed by atoms with Gasteiger partial charge in [0.15, 0.2) is 5.34 Å². The second kappa shape index (κ2) is 6.89. The molecule has 1 unspecified atom stereocenters. The third kappa shape index (κ3) is 2.69. The van der Waals surface area contributed by atoms with Crippen LogP contribution in [0, 0.1) is 0 Å². The molecule has 3 aromatic carbocycles. The maximum absolute atomic E-state index is 11.6. The van der Waals surface area contributed by atoms with Gasteiger partial charge in [0.1, 0.15) is 23.2 Å². The predicted molar refractivity (Wildman–Crippen MR) is 106 cm³/mol. The summed E-state index contributed by atoms with van der Waals surface area (Å²) in [7, 11) is -2.20. The van der Waals surface area contributed by atoms with Gasteiger partial charge in [-0.05, 0) is 36.4 Å². The van der Waals surface area contributed by atoms with Gasteiger partial charge in [0, 0.05) is 13.3 Å². The Bertz CT molecular complexity index is 670. The Kier molecular flexibility index (Phi) is 4.85. The van der Waals surface area contributed by atoms with Crippen molar-refractivity contribution in [3.63, 3.8) is 0 Å². The van der Waals surface area contributed by atoms with Crippen molar-refractivity contribution in [3.8, 4) is 0 Å². The fourth-order valence-corrected chi connectivity index (χ4v) is 8.37. The number of hydrogen-bond donors (Lipinski definition) is 1. The zero-order chi connectivity index (χ0) is 17.0. The number of rotatable bonds is 5. The van der Waals surface area contributed by atoms with E-state index in [2.05, 4.69) is 79.7 Å². The van der Waals surface area contributed by atoms with Crippen molar-refractivity contribution in [1.82, 2.24) is 0 Å². The number of benzene rings is 3. The summed E-state index contributed by atoms with van der Waals surface area (Å²) in [5.74, 6) is 0.